The van der Waals surface area contributed by atoms with Crippen LogP contribution in [0.2, 0.25) is 0 Å². The van der Waals surface area contributed by atoms with Crippen LogP contribution in [0.3, 0.4) is 0 Å². The summed E-state index contributed by atoms with van der Waals surface area (Å²) in [6.45, 7) is 4.70. The average molecular weight is 649 g/mol. The van der Waals surface area contributed by atoms with Crippen molar-refractivity contribution in [3.8, 4) is 5.75 Å². The van der Waals surface area contributed by atoms with Crippen molar-refractivity contribution in [1.29, 1.82) is 0 Å². The molecular weight excluding hydrogens is 609 g/mol. The van der Waals surface area contributed by atoms with Crippen LogP contribution < -0.4 is 15.4 Å². The van der Waals surface area contributed by atoms with Crippen molar-refractivity contribution >= 4 is 34.1 Å². The summed E-state index contributed by atoms with van der Waals surface area (Å²) in [5, 5.41) is 17.6. The number of likely N-dealkylation sites (N-methyl/N-ethyl adjacent to an activating group) is 1. The summed E-state index contributed by atoms with van der Waals surface area (Å²) in [5.74, 6) is 0.161. The minimum absolute atomic E-state index is 0.000961. The Balaban J connectivity index is 1.35. The molecule has 0 aliphatic carbocycles. The van der Waals surface area contributed by atoms with Crippen molar-refractivity contribution in [2.24, 2.45) is 5.92 Å². The normalized spacial score (nSPS) is 17.7. The molecule has 1 aliphatic rings. The quantitative estimate of drug-likeness (QED) is 0.196. The van der Waals surface area contributed by atoms with Crippen molar-refractivity contribution in [2.75, 3.05) is 37.4 Å². The summed E-state index contributed by atoms with van der Waals surface area (Å²) in [6.07, 6.45) is -4.80. The summed E-state index contributed by atoms with van der Waals surface area (Å²) in [6, 6.07) is 22.8. The van der Waals surface area contributed by atoms with Crippen LogP contribution in [0.4, 0.5) is 29.3 Å². The Bertz CT molecular complexity index is 1710. The maximum Gasteiger partial charge on any atom is 0.416 e. The molecule has 8 nitrogen and oxygen atoms in total. The van der Waals surface area contributed by atoms with Gasteiger partial charge in [0.15, 0.2) is 0 Å². The van der Waals surface area contributed by atoms with Gasteiger partial charge in [-0.1, -0.05) is 55.5 Å². The largest absolute Gasteiger partial charge is 0.488 e. The number of rotatable bonds is 8. The Morgan fingerprint density at radius 2 is 1.77 bits per heavy atom. The summed E-state index contributed by atoms with van der Waals surface area (Å²) >= 11 is 0. The van der Waals surface area contributed by atoms with E-state index in [0.29, 0.717) is 42.3 Å². The number of fused-ring (bicyclic) bond motifs is 2. The van der Waals surface area contributed by atoms with E-state index in [9.17, 15) is 27.9 Å². The highest BCUT2D eigenvalue weighted by molar-refractivity contribution is 6.06. The van der Waals surface area contributed by atoms with Crippen molar-refractivity contribution in [3.63, 3.8) is 0 Å². The number of ether oxygens (including phenoxy) is 1. The van der Waals surface area contributed by atoms with Crippen LogP contribution in [0.25, 0.3) is 10.8 Å². The highest BCUT2D eigenvalue weighted by Crippen LogP contribution is 2.31. The molecule has 1 aliphatic heterocycles. The number of urea groups is 1. The number of nitrogens with one attached hydrogen (secondary N) is 2. The summed E-state index contributed by atoms with van der Waals surface area (Å²) in [5.41, 5.74) is 1.74. The molecule has 0 saturated heterocycles. The highest BCUT2D eigenvalue weighted by Gasteiger charge is 2.32. The molecule has 0 radical (unpaired) electrons. The van der Waals surface area contributed by atoms with Gasteiger partial charge in [0.05, 0.1) is 30.3 Å². The van der Waals surface area contributed by atoms with E-state index in [2.05, 4.69) is 10.6 Å². The number of amides is 3. The topological polar surface area (TPSA) is 94.1 Å². The van der Waals surface area contributed by atoms with E-state index in [4.69, 9.17) is 4.74 Å². The first-order chi connectivity index (χ1) is 22.4. The lowest BCUT2D eigenvalue weighted by molar-refractivity contribution is -0.137. The zero-order valence-corrected chi connectivity index (χ0v) is 26.6. The average Bonchev–Trinajstić information content (AvgIpc) is 3.08. The predicted molar refractivity (Wildman–Crippen MR) is 176 cm³/mol. The molecule has 5 rings (SSSR count). The van der Waals surface area contributed by atoms with Crippen LogP contribution in [-0.4, -0.2) is 65.7 Å². The number of carbonyl (C=O) groups excluding carboxylic acids is 2. The van der Waals surface area contributed by atoms with Crippen LogP contribution in [0.5, 0.6) is 5.75 Å². The molecule has 4 aromatic rings. The van der Waals surface area contributed by atoms with Crippen LogP contribution in [0, 0.1) is 5.92 Å². The molecule has 47 heavy (non-hydrogen) atoms. The van der Waals surface area contributed by atoms with Gasteiger partial charge < -0.3 is 25.4 Å². The number of hydrogen-bond donors (Lipinski definition) is 3. The molecule has 3 amide bonds. The van der Waals surface area contributed by atoms with Crippen molar-refractivity contribution in [1.82, 2.24) is 9.80 Å². The van der Waals surface area contributed by atoms with Crippen molar-refractivity contribution in [3.05, 3.63) is 102 Å². The molecule has 1 heterocycles. The number of alkyl halides is 3. The maximum atomic E-state index is 13.6. The van der Waals surface area contributed by atoms with Crippen LogP contribution in [0.1, 0.15) is 30.5 Å². The molecule has 248 valence electrons. The number of halogens is 3. The van der Waals surface area contributed by atoms with Gasteiger partial charge in [-0.3, -0.25) is 9.69 Å². The molecule has 3 N–H and O–H groups in total. The molecule has 4 aromatic carbocycles. The Morgan fingerprint density at radius 1 is 1.04 bits per heavy atom. The van der Waals surface area contributed by atoms with Crippen LogP contribution >= 0.6 is 0 Å². The number of aliphatic hydroxyl groups is 1. The fourth-order valence-corrected chi connectivity index (χ4v) is 5.83. The van der Waals surface area contributed by atoms with Crippen LogP contribution in [0.15, 0.2) is 84.9 Å². The monoisotopic (exact) mass is 648 g/mol. The number of aliphatic hydroxyl groups excluding tert-OH is 1. The number of carbonyl (C=O) groups is 2. The summed E-state index contributed by atoms with van der Waals surface area (Å²) in [7, 11) is 1.86. The summed E-state index contributed by atoms with van der Waals surface area (Å²) < 4.78 is 45.7. The molecule has 0 bridgehead atoms. The third kappa shape index (κ3) is 8.41. The smallest absolute Gasteiger partial charge is 0.416 e. The lowest BCUT2D eigenvalue weighted by atomic mass is 10.0. The fourth-order valence-electron chi connectivity index (χ4n) is 5.83. The van der Waals surface area contributed by atoms with Gasteiger partial charge in [-0.05, 0) is 61.3 Å². The van der Waals surface area contributed by atoms with Crippen molar-refractivity contribution < 1.29 is 32.6 Å². The van der Waals surface area contributed by atoms with E-state index in [1.165, 1.54) is 12.1 Å². The first kappa shape index (κ1) is 33.7. The van der Waals surface area contributed by atoms with Gasteiger partial charge in [0.2, 0.25) is 5.91 Å². The third-order valence-electron chi connectivity index (χ3n) is 8.44. The van der Waals surface area contributed by atoms with E-state index in [1.54, 1.807) is 30.0 Å². The zero-order valence-electron chi connectivity index (χ0n) is 26.6. The molecule has 0 aromatic heterocycles. The first-order valence-corrected chi connectivity index (χ1v) is 15.5. The molecule has 11 heteroatoms. The first-order valence-electron chi connectivity index (χ1n) is 15.5. The number of anilines is 2. The molecular formula is C36H39F3N4O4. The van der Waals surface area contributed by atoms with E-state index >= 15 is 0 Å². The Morgan fingerprint density at radius 3 is 2.49 bits per heavy atom. The Labute approximate surface area is 272 Å². The lowest BCUT2D eigenvalue weighted by Gasteiger charge is -2.34. The zero-order chi connectivity index (χ0) is 33.7. The third-order valence-corrected chi connectivity index (χ3v) is 8.44. The molecule has 3 atom stereocenters. The van der Waals surface area contributed by atoms with Gasteiger partial charge in [0.1, 0.15) is 11.9 Å². The van der Waals surface area contributed by atoms with Crippen molar-refractivity contribution in [2.45, 2.75) is 45.1 Å². The van der Waals surface area contributed by atoms with E-state index in [0.717, 1.165) is 28.5 Å². The SMILES string of the molecule is C[C@@H]1CN([C@@H](C)CO)C(=O)Cc2cc(NC(=O)Nc3cccc4ccccc34)ccc2O[C@@H]1CN(C)Cc1ccc(C(F)(F)F)cc1. The minimum atomic E-state index is -4.40. The second kappa shape index (κ2) is 14.4. The minimum Gasteiger partial charge on any atom is -0.488 e. The fraction of sp³-hybridized carbons (Fsp3) is 0.333. The van der Waals surface area contributed by atoms with E-state index < -0.39 is 29.9 Å². The van der Waals surface area contributed by atoms with Gasteiger partial charge in [0, 0.05) is 42.2 Å². The second-order valence-electron chi connectivity index (χ2n) is 12.2. The van der Waals surface area contributed by atoms with Gasteiger partial charge in [-0.25, -0.2) is 4.79 Å². The van der Waals surface area contributed by atoms with Crippen LogP contribution in [-0.2, 0) is 23.9 Å². The Kier molecular flexibility index (Phi) is 10.4. The van der Waals surface area contributed by atoms with E-state index in [1.807, 2.05) is 61.3 Å². The second-order valence-corrected chi connectivity index (χ2v) is 12.2. The molecule has 0 unspecified atom stereocenters. The number of nitrogens with zero attached hydrogens (tertiary/aromatic N) is 2. The molecule has 0 saturated carbocycles. The number of hydrogen-bond acceptors (Lipinski definition) is 5. The van der Waals surface area contributed by atoms with Gasteiger partial charge >= 0.3 is 12.2 Å². The predicted octanol–water partition coefficient (Wildman–Crippen LogP) is 6.78. The lowest BCUT2D eigenvalue weighted by Crippen LogP contribution is -2.47. The molecule has 0 spiro atoms. The molecule has 0 fully saturated rings. The number of benzene rings is 4. The van der Waals surface area contributed by atoms with E-state index in [-0.39, 0.29) is 24.9 Å². The summed E-state index contributed by atoms with van der Waals surface area (Å²) in [4.78, 5) is 30.2. The standard InChI is InChI=1S/C36H39F3N4O4/c1-23-19-43(24(2)22-44)34(45)18-27-17-29(40-35(46)41-31-10-6-8-26-7-4-5-9-30(26)31)15-16-32(27)47-33(23)21-42(3)20-25-11-13-28(14-12-25)36(37,38)39/h4-17,23-24,33,44H,18-22H2,1-3H3,(H2,40,41,46)/t23-,24+,33-/m1/s1. The highest BCUT2D eigenvalue weighted by atomic mass is 19.4. The van der Waals surface area contributed by atoms with Gasteiger partial charge in [-0.2, -0.15) is 13.2 Å². The Hall–Kier alpha value is -4.61. The van der Waals surface area contributed by atoms with Gasteiger partial charge in [0.25, 0.3) is 0 Å². The maximum absolute atomic E-state index is 13.6. The van der Waals surface area contributed by atoms with Gasteiger partial charge in [-0.15, -0.1) is 0 Å².